The third-order valence-corrected chi connectivity index (χ3v) is 4.58. The quantitative estimate of drug-likeness (QED) is 0.876. The molecule has 2 aromatic carbocycles. The first-order chi connectivity index (χ1) is 9.35. The summed E-state index contributed by atoms with van der Waals surface area (Å²) in [5.74, 6) is 0. The van der Waals surface area contributed by atoms with Gasteiger partial charge in [0.05, 0.1) is 0 Å². The van der Waals surface area contributed by atoms with Crippen molar-refractivity contribution in [3.8, 4) is 0 Å². The van der Waals surface area contributed by atoms with Gasteiger partial charge in [-0.3, -0.25) is 0 Å². The molecule has 0 bridgehead atoms. The van der Waals surface area contributed by atoms with Gasteiger partial charge in [-0.1, -0.05) is 60.7 Å². The highest BCUT2D eigenvalue weighted by Gasteiger charge is 2.41. The van der Waals surface area contributed by atoms with Crippen LogP contribution in [-0.2, 0) is 5.41 Å². The standard InChI is InChI=1S/C18H21N/c1-19-17-12-13-18(14-17,15-8-4-2-5-9-15)16-10-6-3-7-11-16/h2-11,17,19H,12-14H2,1H3. The lowest BCUT2D eigenvalue weighted by atomic mass is 9.73. The molecule has 1 saturated carbocycles. The Morgan fingerprint density at radius 2 is 1.42 bits per heavy atom. The fourth-order valence-corrected chi connectivity index (χ4v) is 3.50. The topological polar surface area (TPSA) is 12.0 Å². The van der Waals surface area contributed by atoms with Crippen LogP contribution in [0.15, 0.2) is 60.7 Å². The number of hydrogen-bond donors (Lipinski definition) is 1. The number of hydrogen-bond acceptors (Lipinski definition) is 1. The minimum Gasteiger partial charge on any atom is -0.317 e. The number of rotatable bonds is 3. The van der Waals surface area contributed by atoms with Crippen molar-refractivity contribution in [2.45, 2.75) is 30.7 Å². The van der Waals surface area contributed by atoms with Crippen LogP contribution >= 0.6 is 0 Å². The van der Waals surface area contributed by atoms with Crippen molar-refractivity contribution >= 4 is 0 Å². The maximum atomic E-state index is 3.46. The first-order valence-electron chi connectivity index (χ1n) is 7.13. The van der Waals surface area contributed by atoms with E-state index in [1.807, 2.05) is 0 Å². The molecule has 1 aliphatic carbocycles. The molecule has 0 radical (unpaired) electrons. The van der Waals surface area contributed by atoms with E-state index >= 15 is 0 Å². The summed E-state index contributed by atoms with van der Waals surface area (Å²) in [6, 6.07) is 22.6. The molecule has 0 saturated heterocycles. The molecular weight excluding hydrogens is 230 g/mol. The molecule has 1 aliphatic rings. The minimum absolute atomic E-state index is 0.191. The zero-order valence-electron chi connectivity index (χ0n) is 11.5. The van der Waals surface area contributed by atoms with Crippen LogP contribution in [0.5, 0.6) is 0 Å². The second-order valence-corrected chi connectivity index (χ2v) is 5.54. The van der Waals surface area contributed by atoms with E-state index in [-0.39, 0.29) is 5.41 Å². The summed E-state index contributed by atoms with van der Waals surface area (Å²) in [5.41, 5.74) is 3.11. The van der Waals surface area contributed by atoms with E-state index in [4.69, 9.17) is 0 Å². The van der Waals surface area contributed by atoms with E-state index in [2.05, 4.69) is 73.0 Å². The average Bonchev–Trinajstić information content (AvgIpc) is 2.95. The molecule has 1 atom stereocenters. The Hall–Kier alpha value is -1.60. The Labute approximate surface area is 115 Å². The van der Waals surface area contributed by atoms with Crippen LogP contribution in [0.25, 0.3) is 0 Å². The van der Waals surface area contributed by atoms with Crippen LogP contribution in [-0.4, -0.2) is 13.1 Å². The van der Waals surface area contributed by atoms with Crippen LogP contribution in [0.2, 0.25) is 0 Å². The largest absolute Gasteiger partial charge is 0.317 e. The Kier molecular flexibility index (Phi) is 3.39. The van der Waals surface area contributed by atoms with Gasteiger partial charge in [0.2, 0.25) is 0 Å². The Morgan fingerprint density at radius 3 is 1.84 bits per heavy atom. The fourth-order valence-electron chi connectivity index (χ4n) is 3.50. The highest BCUT2D eigenvalue weighted by atomic mass is 14.9. The molecule has 0 aliphatic heterocycles. The van der Waals surface area contributed by atoms with Crippen molar-refractivity contribution < 1.29 is 0 Å². The maximum Gasteiger partial charge on any atom is 0.0218 e. The summed E-state index contributed by atoms with van der Waals surface area (Å²) in [7, 11) is 2.08. The van der Waals surface area contributed by atoms with Crippen molar-refractivity contribution in [1.29, 1.82) is 0 Å². The molecular formula is C18H21N. The highest BCUT2D eigenvalue weighted by molar-refractivity contribution is 5.41. The third-order valence-electron chi connectivity index (χ3n) is 4.58. The molecule has 3 rings (SSSR count). The number of nitrogens with one attached hydrogen (secondary N) is 1. The monoisotopic (exact) mass is 251 g/mol. The zero-order chi connectivity index (χ0) is 13.1. The van der Waals surface area contributed by atoms with E-state index in [0.29, 0.717) is 6.04 Å². The van der Waals surface area contributed by atoms with Crippen molar-refractivity contribution in [1.82, 2.24) is 5.32 Å². The van der Waals surface area contributed by atoms with Crippen LogP contribution < -0.4 is 5.32 Å². The van der Waals surface area contributed by atoms with Crippen molar-refractivity contribution in [3.05, 3.63) is 71.8 Å². The first kappa shape index (κ1) is 12.4. The smallest absolute Gasteiger partial charge is 0.0218 e. The normalized spacial score (nSPS) is 21.4. The van der Waals surface area contributed by atoms with Gasteiger partial charge in [-0.25, -0.2) is 0 Å². The van der Waals surface area contributed by atoms with E-state index in [1.165, 1.54) is 30.4 Å². The predicted octanol–water partition coefficient (Wildman–Crippen LogP) is 3.74. The minimum atomic E-state index is 0.191. The van der Waals surface area contributed by atoms with Gasteiger partial charge >= 0.3 is 0 Å². The van der Waals surface area contributed by atoms with Crippen molar-refractivity contribution in [2.75, 3.05) is 7.05 Å². The maximum absolute atomic E-state index is 3.46. The van der Waals surface area contributed by atoms with Crippen LogP contribution in [0.4, 0.5) is 0 Å². The van der Waals surface area contributed by atoms with E-state index in [9.17, 15) is 0 Å². The summed E-state index contributed by atoms with van der Waals surface area (Å²) >= 11 is 0. The summed E-state index contributed by atoms with van der Waals surface area (Å²) in [6.07, 6.45) is 3.67. The second-order valence-electron chi connectivity index (χ2n) is 5.54. The van der Waals surface area contributed by atoms with Gasteiger partial charge in [0.25, 0.3) is 0 Å². The Morgan fingerprint density at radius 1 is 0.895 bits per heavy atom. The molecule has 98 valence electrons. The summed E-state index contributed by atoms with van der Waals surface area (Å²) in [4.78, 5) is 0. The van der Waals surface area contributed by atoms with Crippen molar-refractivity contribution in [2.24, 2.45) is 0 Å². The van der Waals surface area contributed by atoms with Gasteiger partial charge in [0.1, 0.15) is 0 Å². The van der Waals surface area contributed by atoms with Gasteiger partial charge < -0.3 is 5.32 Å². The molecule has 1 fully saturated rings. The zero-order valence-corrected chi connectivity index (χ0v) is 11.5. The average molecular weight is 251 g/mol. The van der Waals surface area contributed by atoms with Gasteiger partial charge in [0, 0.05) is 11.5 Å². The highest BCUT2D eigenvalue weighted by Crippen LogP contribution is 2.46. The lowest BCUT2D eigenvalue weighted by Crippen LogP contribution is -2.29. The predicted molar refractivity (Wildman–Crippen MR) is 80.4 cm³/mol. The molecule has 0 amide bonds. The Bertz CT molecular complexity index is 478. The SMILES string of the molecule is CNC1CCC(c2ccccc2)(c2ccccc2)C1. The second kappa shape index (κ2) is 5.18. The Balaban J connectivity index is 2.07. The molecule has 1 N–H and O–H groups in total. The summed E-state index contributed by atoms with van der Waals surface area (Å²) in [5, 5.41) is 3.46. The molecule has 1 heteroatoms. The van der Waals surface area contributed by atoms with Gasteiger partial charge in [0.15, 0.2) is 0 Å². The molecule has 0 aromatic heterocycles. The lowest BCUT2D eigenvalue weighted by molar-refractivity contribution is 0.501. The molecule has 0 heterocycles. The summed E-state index contributed by atoms with van der Waals surface area (Å²) in [6.45, 7) is 0. The lowest BCUT2D eigenvalue weighted by Gasteiger charge is -2.31. The molecule has 1 unspecified atom stereocenters. The third kappa shape index (κ3) is 2.19. The van der Waals surface area contributed by atoms with Crippen molar-refractivity contribution in [3.63, 3.8) is 0 Å². The first-order valence-corrected chi connectivity index (χ1v) is 7.13. The van der Waals surface area contributed by atoms with Crippen LogP contribution in [0, 0.1) is 0 Å². The molecule has 0 spiro atoms. The molecule has 2 aromatic rings. The van der Waals surface area contributed by atoms with Gasteiger partial charge in [-0.2, -0.15) is 0 Å². The van der Waals surface area contributed by atoms with E-state index < -0.39 is 0 Å². The fraction of sp³-hybridized carbons (Fsp3) is 0.333. The number of benzene rings is 2. The van der Waals surface area contributed by atoms with Gasteiger partial charge in [-0.05, 0) is 37.4 Å². The van der Waals surface area contributed by atoms with Crippen LogP contribution in [0.1, 0.15) is 30.4 Å². The van der Waals surface area contributed by atoms with E-state index in [1.54, 1.807) is 0 Å². The summed E-state index contributed by atoms with van der Waals surface area (Å²) < 4.78 is 0. The van der Waals surface area contributed by atoms with Gasteiger partial charge in [-0.15, -0.1) is 0 Å². The van der Waals surface area contributed by atoms with Crippen LogP contribution in [0.3, 0.4) is 0 Å². The van der Waals surface area contributed by atoms with E-state index in [0.717, 1.165) is 0 Å². The molecule has 19 heavy (non-hydrogen) atoms. The molecule has 1 nitrogen and oxygen atoms in total.